The van der Waals surface area contributed by atoms with Gasteiger partial charge in [0, 0.05) is 12.8 Å². The summed E-state index contributed by atoms with van der Waals surface area (Å²) in [6.07, 6.45) is 92.5. The second-order valence-electron chi connectivity index (χ2n) is 26.3. The highest BCUT2D eigenvalue weighted by Gasteiger charge is 2.20. The van der Waals surface area contributed by atoms with Crippen molar-refractivity contribution >= 4 is 11.9 Å². The minimum absolute atomic E-state index is 0.0161. The lowest BCUT2D eigenvalue weighted by atomic mass is 10.0. The van der Waals surface area contributed by atoms with E-state index in [2.05, 4.69) is 43.5 Å². The number of aliphatic hydroxyl groups excluding tert-OH is 2. The van der Waals surface area contributed by atoms with Crippen LogP contribution in [-0.4, -0.2) is 47.4 Å². The molecular weight excluding hydrogens is 1020 g/mol. The molecule has 2 atom stereocenters. The Kier molecular flexibility index (Phi) is 71.4. The largest absolute Gasteiger partial charge is 0.466 e. The Morgan fingerprint density at radius 1 is 0.337 bits per heavy atom. The van der Waals surface area contributed by atoms with E-state index < -0.39 is 12.1 Å². The molecule has 2 unspecified atom stereocenters. The highest BCUT2D eigenvalue weighted by atomic mass is 16.5. The van der Waals surface area contributed by atoms with Crippen LogP contribution in [0.25, 0.3) is 0 Å². The zero-order valence-corrected chi connectivity index (χ0v) is 56.5. The maximum absolute atomic E-state index is 12.5. The smallest absolute Gasteiger partial charge is 0.305 e. The first kappa shape index (κ1) is 81.3. The van der Waals surface area contributed by atoms with E-state index in [9.17, 15) is 19.8 Å². The molecule has 0 saturated heterocycles. The van der Waals surface area contributed by atoms with Crippen LogP contribution in [0.3, 0.4) is 0 Å². The van der Waals surface area contributed by atoms with Crippen molar-refractivity contribution in [3.8, 4) is 0 Å². The van der Waals surface area contributed by atoms with Crippen molar-refractivity contribution in [2.75, 3.05) is 13.2 Å². The summed E-state index contributed by atoms with van der Waals surface area (Å²) in [6, 6.07) is -0.540. The monoisotopic (exact) mass is 1170 g/mol. The molecule has 6 nitrogen and oxygen atoms in total. The van der Waals surface area contributed by atoms with E-state index in [0.717, 1.165) is 51.4 Å². The molecule has 0 aliphatic rings. The Morgan fingerprint density at radius 3 is 0.940 bits per heavy atom. The molecule has 1 amide bonds. The number of ether oxygens (including phenoxy) is 1. The third-order valence-corrected chi connectivity index (χ3v) is 18.0. The number of allylic oxidation sites excluding steroid dienone is 4. The molecule has 492 valence electrons. The lowest BCUT2D eigenvalue weighted by Gasteiger charge is -2.22. The van der Waals surface area contributed by atoms with E-state index in [1.165, 1.54) is 347 Å². The second kappa shape index (κ2) is 72.8. The summed E-state index contributed by atoms with van der Waals surface area (Å²) < 4.78 is 5.51. The van der Waals surface area contributed by atoms with E-state index in [0.29, 0.717) is 25.9 Å². The van der Waals surface area contributed by atoms with Gasteiger partial charge in [-0.25, -0.2) is 0 Å². The van der Waals surface area contributed by atoms with Crippen LogP contribution in [0.1, 0.15) is 431 Å². The van der Waals surface area contributed by atoms with Crippen molar-refractivity contribution in [3.63, 3.8) is 0 Å². The maximum atomic E-state index is 12.5. The van der Waals surface area contributed by atoms with Gasteiger partial charge >= 0.3 is 5.97 Å². The number of hydrogen-bond acceptors (Lipinski definition) is 5. The van der Waals surface area contributed by atoms with Gasteiger partial charge in [-0.3, -0.25) is 9.59 Å². The zero-order chi connectivity index (χ0) is 59.9. The molecule has 0 aromatic rings. The van der Waals surface area contributed by atoms with Crippen LogP contribution in [-0.2, 0) is 14.3 Å². The van der Waals surface area contributed by atoms with Gasteiger partial charge in [-0.15, -0.1) is 0 Å². The molecule has 0 fully saturated rings. The SMILES string of the molecule is CCCCC/C=C\C/C=C\CCCCCCCCCCCC(=O)OCCCCCCCCCCCCCCCCCCCCCCCCCCCCCCC(=O)NC(CO)C(O)CCCCCCCCCCCCCCCCCCCCC. The van der Waals surface area contributed by atoms with Gasteiger partial charge in [0.15, 0.2) is 0 Å². The fraction of sp³-hybridized carbons (Fsp3) is 0.922. The number of aliphatic hydroxyl groups is 2. The summed E-state index contributed by atoms with van der Waals surface area (Å²) >= 11 is 0. The molecule has 0 aromatic heterocycles. The van der Waals surface area contributed by atoms with Gasteiger partial charge in [0.25, 0.3) is 0 Å². The number of unbranched alkanes of at least 4 members (excludes halogenated alkanes) is 57. The first-order valence-electron chi connectivity index (χ1n) is 38.1. The number of amides is 1. The van der Waals surface area contributed by atoms with E-state index in [-0.39, 0.29) is 18.5 Å². The zero-order valence-electron chi connectivity index (χ0n) is 56.5. The highest BCUT2D eigenvalue weighted by Crippen LogP contribution is 2.20. The Balaban J connectivity index is 3.33. The number of carbonyl (C=O) groups is 2. The van der Waals surface area contributed by atoms with Crippen molar-refractivity contribution in [1.82, 2.24) is 5.32 Å². The van der Waals surface area contributed by atoms with Gasteiger partial charge in [-0.05, 0) is 57.8 Å². The third-order valence-electron chi connectivity index (χ3n) is 18.0. The lowest BCUT2D eigenvalue weighted by molar-refractivity contribution is -0.143. The number of carbonyl (C=O) groups excluding carboxylic acids is 2. The Bertz CT molecular complexity index is 1300. The van der Waals surface area contributed by atoms with Crippen molar-refractivity contribution < 1.29 is 24.5 Å². The molecule has 0 spiro atoms. The van der Waals surface area contributed by atoms with Gasteiger partial charge in [0.05, 0.1) is 25.4 Å². The highest BCUT2D eigenvalue weighted by molar-refractivity contribution is 5.76. The van der Waals surface area contributed by atoms with Crippen molar-refractivity contribution in [2.24, 2.45) is 0 Å². The summed E-state index contributed by atoms with van der Waals surface area (Å²) in [6.45, 7) is 4.98. The first-order valence-corrected chi connectivity index (χ1v) is 38.1. The molecular formula is C77H149NO5. The van der Waals surface area contributed by atoms with E-state index in [1.807, 2.05) is 0 Å². The third kappa shape index (κ3) is 69.3. The summed E-state index contributed by atoms with van der Waals surface area (Å²) in [7, 11) is 0. The fourth-order valence-corrected chi connectivity index (χ4v) is 12.2. The van der Waals surface area contributed by atoms with Crippen LogP contribution >= 0.6 is 0 Å². The van der Waals surface area contributed by atoms with Crippen molar-refractivity contribution in [3.05, 3.63) is 24.3 Å². The van der Waals surface area contributed by atoms with Crippen LogP contribution in [0.2, 0.25) is 0 Å². The normalized spacial score (nSPS) is 12.6. The molecule has 6 heteroatoms. The molecule has 3 N–H and O–H groups in total. The molecule has 0 aromatic carbocycles. The van der Waals surface area contributed by atoms with Crippen LogP contribution < -0.4 is 5.32 Å². The minimum Gasteiger partial charge on any atom is -0.466 e. The summed E-state index contributed by atoms with van der Waals surface area (Å²) in [5.74, 6) is -0.0111. The van der Waals surface area contributed by atoms with Crippen LogP contribution in [0.4, 0.5) is 0 Å². The number of hydrogen-bond donors (Lipinski definition) is 3. The van der Waals surface area contributed by atoms with E-state index in [1.54, 1.807) is 0 Å². The molecule has 0 aliphatic heterocycles. The van der Waals surface area contributed by atoms with Gasteiger partial charge < -0.3 is 20.3 Å². The van der Waals surface area contributed by atoms with Crippen molar-refractivity contribution in [1.29, 1.82) is 0 Å². The van der Waals surface area contributed by atoms with Gasteiger partial charge in [-0.1, -0.05) is 385 Å². The Morgan fingerprint density at radius 2 is 0.602 bits per heavy atom. The standard InChI is InChI=1S/C77H149NO5/c1-3-5-7-9-11-13-15-17-19-21-33-37-41-45-49-53-57-61-65-69-75(80)74(73-79)78-76(81)70-66-62-58-54-50-46-42-38-35-31-29-27-25-23-24-26-28-30-32-36-40-44-48-52-56-60-64-68-72-83-77(82)71-67-63-59-55-51-47-43-39-34-22-20-18-16-14-12-10-8-6-4-2/h12,14,18,20,74-75,79-80H,3-11,13,15-17,19,21-73H2,1-2H3,(H,78,81)/b14-12-,20-18-. The number of nitrogens with one attached hydrogen (secondary N) is 1. The molecule has 0 saturated carbocycles. The first-order chi connectivity index (χ1) is 41.0. The topological polar surface area (TPSA) is 95.9 Å². The fourth-order valence-electron chi connectivity index (χ4n) is 12.2. The predicted octanol–water partition coefficient (Wildman–Crippen LogP) is 24.9. The van der Waals surface area contributed by atoms with Gasteiger partial charge in [0.2, 0.25) is 5.91 Å². The van der Waals surface area contributed by atoms with Crippen LogP contribution in [0.5, 0.6) is 0 Å². The van der Waals surface area contributed by atoms with Crippen LogP contribution in [0.15, 0.2) is 24.3 Å². The number of esters is 1. The maximum Gasteiger partial charge on any atom is 0.305 e. The van der Waals surface area contributed by atoms with Gasteiger partial charge in [0.1, 0.15) is 0 Å². The quantitative estimate of drug-likeness (QED) is 0.0320. The molecule has 83 heavy (non-hydrogen) atoms. The molecule has 0 aliphatic carbocycles. The summed E-state index contributed by atoms with van der Waals surface area (Å²) in [5, 5.41) is 23.4. The second-order valence-corrected chi connectivity index (χ2v) is 26.3. The molecule has 0 heterocycles. The van der Waals surface area contributed by atoms with E-state index >= 15 is 0 Å². The summed E-state index contributed by atoms with van der Waals surface area (Å²) in [5.41, 5.74) is 0. The Hall–Kier alpha value is -1.66. The lowest BCUT2D eigenvalue weighted by Crippen LogP contribution is -2.45. The summed E-state index contributed by atoms with van der Waals surface area (Å²) in [4.78, 5) is 24.7. The minimum atomic E-state index is -0.663. The van der Waals surface area contributed by atoms with Crippen molar-refractivity contribution in [2.45, 2.75) is 443 Å². The average molecular weight is 1170 g/mol. The Labute approximate surface area is 520 Å². The predicted molar refractivity (Wildman–Crippen MR) is 366 cm³/mol. The van der Waals surface area contributed by atoms with E-state index in [4.69, 9.17) is 4.74 Å². The molecule has 0 rings (SSSR count). The average Bonchev–Trinajstić information content (AvgIpc) is 3.49. The molecule has 0 bridgehead atoms. The number of rotatable bonds is 72. The van der Waals surface area contributed by atoms with Crippen LogP contribution in [0, 0.1) is 0 Å². The molecule has 0 radical (unpaired) electrons. The van der Waals surface area contributed by atoms with Gasteiger partial charge in [-0.2, -0.15) is 0 Å².